The molecule has 0 unspecified atom stereocenters. The maximum atomic E-state index is 12.7. The number of carbonyl (C=O) groups is 1. The van der Waals surface area contributed by atoms with Crippen LogP contribution in [-0.2, 0) is 13.6 Å². The highest BCUT2D eigenvalue weighted by atomic mass is 16.2. The third kappa shape index (κ3) is 3.51. The van der Waals surface area contributed by atoms with E-state index in [1.54, 1.807) is 0 Å². The molecule has 8 heteroatoms. The number of hydrogen-bond acceptors (Lipinski definition) is 4. The summed E-state index contributed by atoms with van der Waals surface area (Å²) in [7, 11) is 1.93. The number of nitrogens with one attached hydrogen (secondary N) is 2. The molecule has 1 fully saturated rings. The van der Waals surface area contributed by atoms with E-state index in [1.807, 2.05) is 23.6 Å². The molecule has 2 aromatic heterocycles. The Morgan fingerprint density at radius 2 is 2.22 bits per heavy atom. The van der Waals surface area contributed by atoms with Crippen LogP contribution >= 0.6 is 0 Å². The maximum absolute atomic E-state index is 12.7. The molecule has 1 saturated heterocycles. The number of fused-ring (bicyclic) bond motifs is 1. The standard InChI is InChI=1S/C19H25N7O/c1-12-6-7-17-15(9-12)16(24-25(17)3)10-20-19(27)26-8-4-5-14(11-26)18-21-13(2)22-23-18/h6-7,9,14H,4-5,8,10-11H2,1-3H3,(H,20,27)(H,21,22,23)/t14-/m1/s1. The lowest BCUT2D eigenvalue weighted by atomic mass is 9.98. The van der Waals surface area contributed by atoms with Crippen molar-refractivity contribution < 1.29 is 4.79 Å². The van der Waals surface area contributed by atoms with Crippen molar-refractivity contribution in [1.82, 2.24) is 35.2 Å². The van der Waals surface area contributed by atoms with E-state index in [0.29, 0.717) is 13.1 Å². The minimum atomic E-state index is -0.0570. The predicted octanol–water partition coefficient (Wildman–Crippen LogP) is 2.40. The predicted molar refractivity (Wildman–Crippen MR) is 102 cm³/mol. The molecule has 0 bridgehead atoms. The van der Waals surface area contributed by atoms with Crippen LogP contribution in [0.5, 0.6) is 0 Å². The van der Waals surface area contributed by atoms with Gasteiger partial charge in [0.25, 0.3) is 0 Å². The summed E-state index contributed by atoms with van der Waals surface area (Å²) in [5, 5.41) is 15.8. The van der Waals surface area contributed by atoms with Gasteiger partial charge in [-0.05, 0) is 38.8 Å². The first-order chi connectivity index (χ1) is 13.0. The number of piperidine rings is 1. The summed E-state index contributed by atoms with van der Waals surface area (Å²) in [6.45, 7) is 5.77. The molecular weight excluding hydrogens is 342 g/mol. The minimum Gasteiger partial charge on any atom is -0.332 e. The van der Waals surface area contributed by atoms with Crippen LogP contribution in [0.25, 0.3) is 10.9 Å². The number of aromatic amines is 1. The quantitative estimate of drug-likeness (QED) is 0.743. The summed E-state index contributed by atoms with van der Waals surface area (Å²) < 4.78 is 1.86. The van der Waals surface area contributed by atoms with Crippen molar-refractivity contribution in [3.05, 3.63) is 41.1 Å². The second-order valence-corrected chi connectivity index (χ2v) is 7.31. The molecule has 2 amide bonds. The second kappa shape index (κ2) is 7.02. The number of nitrogens with zero attached hydrogens (tertiary/aromatic N) is 5. The summed E-state index contributed by atoms with van der Waals surface area (Å²) in [4.78, 5) is 19.0. The number of amides is 2. The van der Waals surface area contributed by atoms with Crippen LogP contribution in [-0.4, -0.2) is 49.0 Å². The molecule has 3 aromatic rings. The molecule has 8 nitrogen and oxygen atoms in total. The number of benzene rings is 1. The van der Waals surface area contributed by atoms with Gasteiger partial charge >= 0.3 is 6.03 Å². The van der Waals surface area contributed by atoms with E-state index in [-0.39, 0.29) is 11.9 Å². The zero-order chi connectivity index (χ0) is 19.0. The summed E-state index contributed by atoms with van der Waals surface area (Å²) in [5.74, 6) is 1.80. The van der Waals surface area contributed by atoms with Gasteiger partial charge in [0.05, 0.1) is 17.8 Å². The van der Waals surface area contributed by atoms with E-state index in [9.17, 15) is 4.79 Å². The highest BCUT2D eigenvalue weighted by Gasteiger charge is 2.27. The van der Waals surface area contributed by atoms with Crippen molar-refractivity contribution in [2.75, 3.05) is 13.1 Å². The molecule has 4 rings (SSSR count). The molecule has 0 aliphatic carbocycles. The van der Waals surface area contributed by atoms with Crippen LogP contribution in [0.15, 0.2) is 18.2 Å². The molecule has 3 heterocycles. The summed E-state index contributed by atoms with van der Waals surface area (Å²) in [6.07, 6.45) is 1.96. The Balaban J connectivity index is 1.43. The fraction of sp³-hybridized carbons (Fsp3) is 0.474. The maximum Gasteiger partial charge on any atom is 0.317 e. The van der Waals surface area contributed by atoms with Crippen LogP contribution in [0, 0.1) is 13.8 Å². The van der Waals surface area contributed by atoms with Gasteiger partial charge in [-0.15, -0.1) is 0 Å². The van der Waals surface area contributed by atoms with Gasteiger partial charge < -0.3 is 10.2 Å². The zero-order valence-electron chi connectivity index (χ0n) is 16.0. The van der Waals surface area contributed by atoms with E-state index in [1.165, 1.54) is 5.56 Å². The third-order valence-electron chi connectivity index (χ3n) is 5.18. The van der Waals surface area contributed by atoms with Crippen molar-refractivity contribution in [3.8, 4) is 0 Å². The van der Waals surface area contributed by atoms with Crippen molar-refractivity contribution >= 4 is 16.9 Å². The lowest BCUT2D eigenvalue weighted by Gasteiger charge is -2.31. The fourth-order valence-corrected chi connectivity index (χ4v) is 3.77. The van der Waals surface area contributed by atoms with Crippen LogP contribution in [0.1, 0.15) is 41.7 Å². The van der Waals surface area contributed by atoms with E-state index < -0.39 is 0 Å². The highest BCUT2D eigenvalue weighted by molar-refractivity contribution is 5.83. The Hall–Kier alpha value is -2.90. The number of H-pyrrole nitrogens is 1. The number of aromatic nitrogens is 5. The average Bonchev–Trinajstić information content (AvgIpc) is 3.23. The molecule has 2 N–H and O–H groups in total. The molecule has 0 spiro atoms. The molecular formula is C19H25N7O. The van der Waals surface area contributed by atoms with E-state index in [4.69, 9.17) is 0 Å². The van der Waals surface area contributed by atoms with Gasteiger partial charge in [0, 0.05) is 31.4 Å². The smallest absolute Gasteiger partial charge is 0.317 e. The lowest BCUT2D eigenvalue weighted by molar-refractivity contribution is 0.178. The molecule has 1 aliphatic heterocycles. The second-order valence-electron chi connectivity index (χ2n) is 7.31. The first-order valence-corrected chi connectivity index (χ1v) is 9.35. The lowest BCUT2D eigenvalue weighted by Crippen LogP contribution is -2.44. The fourth-order valence-electron chi connectivity index (χ4n) is 3.77. The number of carbonyl (C=O) groups excluding carboxylic acids is 1. The molecule has 142 valence electrons. The highest BCUT2D eigenvalue weighted by Crippen LogP contribution is 2.24. The van der Waals surface area contributed by atoms with Crippen LogP contribution in [0.2, 0.25) is 0 Å². The van der Waals surface area contributed by atoms with Crippen molar-refractivity contribution in [2.24, 2.45) is 7.05 Å². The Labute approximate surface area is 158 Å². The van der Waals surface area contributed by atoms with Gasteiger partial charge in [-0.1, -0.05) is 11.6 Å². The Morgan fingerprint density at radius 3 is 3.00 bits per heavy atom. The van der Waals surface area contributed by atoms with Crippen LogP contribution in [0.4, 0.5) is 4.79 Å². The summed E-state index contributed by atoms with van der Waals surface area (Å²) in [5.41, 5.74) is 3.15. The summed E-state index contributed by atoms with van der Waals surface area (Å²) in [6, 6.07) is 6.20. The summed E-state index contributed by atoms with van der Waals surface area (Å²) >= 11 is 0. The number of urea groups is 1. The molecule has 0 saturated carbocycles. The van der Waals surface area contributed by atoms with Gasteiger partial charge in [-0.25, -0.2) is 9.78 Å². The van der Waals surface area contributed by atoms with Crippen LogP contribution in [0.3, 0.4) is 0 Å². The zero-order valence-corrected chi connectivity index (χ0v) is 16.0. The minimum absolute atomic E-state index is 0.0570. The van der Waals surface area contributed by atoms with E-state index in [0.717, 1.165) is 47.6 Å². The monoisotopic (exact) mass is 367 g/mol. The number of likely N-dealkylation sites (tertiary alicyclic amines) is 1. The molecule has 1 atom stereocenters. The van der Waals surface area contributed by atoms with Crippen molar-refractivity contribution in [3.63, 3.8) is 0 Å². The third-order valence-corrected chi connectivity index (χ3v) is 5.18. The molecule has 1 aromatic carbocycles. The van der Waals surface area contributed by atoms with Gasteiger partial charge in [0.1, 0.15) is 5.82 Å². The normalized spacial score (nSPS) is 17.4. The molecule has 1 aliphatic rings. The van der Waals surface area contributed by atoms with Crippen LogP contribution < -0.4 is 5.32 Å². The van der Waals surface area contributed by atoms with E-state index in [2.05, 4.69) is 50.7 Å². The topological polar surface area (TPSA) is 91.7 Å². The van der Waals surface area contributed by atoms with Gasteiger partial charge in [-0.2, -0.15) is 10.2 Å². The number of hydrogen-bond donors (Lipinski definition) is 2. The van der Waals surface area contributed by atoms with Crippen molar-refractivity contribution in [1.29, 1.82) is 0 Å². The van der Waals surface area contributed by atoms with Gasteiger partial charge in [-0.3, -0.25) is 9.78 Å². The Morgan fingerprint density at radius 1 is 1.37 bits per heavy atom. The molecule has 27 heavy (non-hydrogen) atoms. The van der Waals surface area contributed by atoms with Gasteiger partial charge in [0.2, 0.25) is 0 Å². The Kier molecular flexibility index (Phi) is 4.55. The molecule has 0 radical (unpaired) electrons. The first kappa shape index (κ1) is 17.5. The number of aryl methyl sites for hydroxylation is 3. The SMILES string of the molecule is Cc1ccc2c(c1)c(CNC(=O)N1CCC[C@@H](c3n[nH]c(C)n3)C1)nn2C. The number of rotatable bonds is 3. The Bertz CT molecular complexity index is 974. The van der Waals surface area contributed by atoms with Gasteiger partial charge in [0.15, 0.2) is 5.82 Å². The average molecular weight is 367 g/mol. The van der Waals surface area contributed by atoms with Crippen molar-refractivity contribution in [2.45, 2.75) is 39.2 Å². The largest absolute Gasteiger partial charge is 0.332 e. The van der Waals surface area contributed by atoms with E-state index >= 15 is 0 Å². The first-order valence-electron chi connectivity index (χ1n) is 9.35.